The van der Waals surface area contributed by atoms with Gasteiger partial charge in [-0.3, -0.25) is 4.79 Å². The number of aliphatic hydroxyl groups excluding tert-OH is 2. The van der Waals surface area contributed by atoms with Crippen molar-refractivity contribution in [2.24, 2.45) is 0 Å². The van der Waals surface area contributed by atoms with Crippen LogP contribution < -0.4 is 0 Å². The quantitative estimate of drug-likeness (QED) is 0.150. The third-order valence-electron chi connectivity index (χ3n) is 4.64. The third kappa shape index (κ3) is 32.2. The van der Waals surface area contributed by atoms with E-state index < -0.39 is 26.0 Å². The molecule has 0 aliphatic carbocycles. The van der Waals surface area contributed by atoms with Gasteiger partial charge in [-0.05, 0) is 6.42 Å². The maximum absolute atomic E-state index is 10.3. The molecule has 0 heterocycles. The van der Waals surface area contributed by atoms with Gasteiger partial charge in [-0.2, -0.15) is 0 Å². The first-order valence-corrected chi connectivity index (χ1v) is 11.4. The van der Waals surface area contributed by atoms with Gasteiger partial charge in [0.2, 0.25) is 0 Å². The number of carbonyl (C=O) groups is 1. The Balaban J connectivity index is 0. The van der Waals surface area contributed by atoms with Crippen molar-refractivity contribution in [3.05, 3.63) is 0 Å². The highest BCUT2D eigenvalue weighted by Gasteiger charge is 2.10. The van der Waals surface area contributed by atoms with Crippen molar-refractivity contribution in [3.8, 4) is 0 Å². The van der Waals surface area contributed by atoms with Crippen LogP contribution in [0.3, 0.4) is 0 Å². The summed E-state index contributed by atoms with van der Waals surface area (Å²) in [7, 11) is -1.88. The van der Waals surface area contributed by atoms with Crippen molar-refractivity contribution in [1.82, 2.24) is 0 Å². The second kappa shape index (κ2) is 25.4. The summed E-state index contributed by atoms with van der Waals surface area (Å²) >= 11 is 0. The van der Waals surface area contributed by atoms with E-state index in [-0.39, 0.29) is 6.61 Å². The molecule has 0 saturated heterocycles. The summed E-state index contributed by atoms with van der Waals surface area (Å²) in [6, 6.07) is 0. The Hall–Kier alpha value is -0.665. The van der Waals surface area contributed by atoms with Crippen LogP contribution in [0.5, 0.6) is 0 Å². The zero-order valence-electron chi connectivity index (χ0n) is 18.4. The Kier molecular flexibility index (Phi) is 26.7. The molecule has 7 nitrogen and oxygen atoms in total. The van der Waals surface area contributed by atoms with Gasteiger partial charge < -0.3 is 30.0 Å². The van der Waals surface area contributed by atoms with Crippen molar-refractivity contribution in [2.45, 2.75) is 116 Å². The van der Waals surface area contributed by atoms with Crippen LogP contribution in [-0.4, -0.2) is 58.0 Å². The molecule has 8 heteroatoms. The molecular weight excluding hydrogens is 375 g/mol. The van der Waals surface area contributed by atoms with E-state index in [1.54, 1.807) is 0 Å². The van der Waals surface area contributed by atoms with Crippen LogP contribution in [0.4, 0.5) is 0 Å². The number of hydrogen-bond acceptors (Lipinski definition) is 6. The Morgan fingerprint density at radius 2 is 1.17 bits per heavy atom. The largest absolute Gasteiger partial charge is 0.633 e. The van der Waals surface area contributed by atoms with E-state index >= 15 is 0 Å². The van der Waals surface area contributed by atoms with Crippen LogP contribution >= 0.6 is 0 Å². The van der Waals surface area contributed by atoms with E-state index in [0.29, 0.717) is 6.42 Å². The second-order valence-electron chi connectivity index (χ2n) is 7.59. The number of aliphatic hydroxyl groups is 2. The lowest BCUT2D eigenvalue weighted by molar-refractivity contribution is -0.137. The summed E-state index contributed by atoms with van der Waals surface area (Å²) in [6.45, 7) is 1.53. The van der Waals surface area contributed by atoms with Gasteiger partial charge in [0.15, 0.2) is 0 Å². The van der Waals surface area contributed by atoms with Crippen LogP contribution in [0.2, 0.25) is 0 Å². The zero-order valence-corrected chi connectivity index (χ0v) is 18.4. The average molecular weight is 420 g/mol. The number of unbranched alkanes of at least 4 members (excludes halogenated alkanes) is 14. The van der Waals surface area contributed by atoms with E-state index in [1.165, 1.54) is 83.5 Å². The fraction of sp³-hybridized carbons (Fsp3) is 0.952. The average Bonchev–Trinajstić information content (AvgIpc) is 2.69. The zero-order chi connectivity index (χ0) is 22.2. The minimum Gasteiger partial charge on any atom is -0.481 e. The van der Waals surface area contributed by atoms with E-state index in [4.69, 9.17) is 25.4 Å². The first-order chi connectivity index (χ1) is 13.9. The highest BCUT2D eigenvalue weighted by atomic mass is 16.6. The Labute approximate surface area is 177 Å². The molecule has 0 fully saturated rings. The predicted octanol–water partition coefficient (Wildman–Crippen LogP) is 3.66. The topological polar surface area (TPSA) is 127 Å². The van der Waals surface area contributed by atoms with Gasteiger partial charge in [0.25, 0.3) is 0 Å². The fourth-order valence-corrected chi connectivity index (χ4v) is 2.90. The molecule has 1 unspecified atom stereocenters. The molecule has 5 N–H and O–H groups in total. The Morgan fingerprint density at radius 1 is 0.793 bits per heavy atom. The molecular formula is C21H45BO7. The third-order valence-corrected chi connectivity index (χ3v) is 4.64. The van der Waals surface area contributed by atoms with Crippen LogP contribution in [0.1, 0.15) is 110 Å². The molecule has 0 radical (unpaired) electrons. The highest BCUT2D eigenvalue weighted by molar-refractivity contribution is 6.32. The number of rotatable bonds is 20. The molecule has 0 saturated carbocycles. The van der Waals surface area contributed by atoms with Crippen molar-refractivity contribution in [2.75, 3.05) is 13.2 Å². The maximum Gasteiger partial charge on any atom is 0.633 e. The molecule has 0 aromatic heterocycles. The van der Waals surface area contributed by atoms with Gasteiger partial charge in [-0.25, -0.2) is 0 Å². The van der Waals surface area contributed by atoms with Crippen molar-refractivity contribution in [3.63, 3.8) is 0 Å². The number of carboxylic acid groups (broad SMARTS) is 1. The first kappa shape index (κ1) is 30.5. The lowest BCUT2D eigenvalue weighted by Gasteiger charge is -2.05. The first-order valence-electron chi connectivity index (χ1n) is 11.4. The molecule has 0 amide bonds. The summed E-state index contributed by atoms with van der Waals surface area (Å²) in [4.78, 5) is 10.3. The van der Waals surface area contributed by atoms with E-state index in [1.807, 2.05) is 0 Å². The van der Waals surface area contributed by atoms with Gasteiger partial charge in [-0.15, -0.1) is 0 Å². The molecule has 0 bridgehead atoms. The maximum atomic E-state index is 10.3. The van der Waals surface area contributed by atoms with Gasteiger partial charge >= 0.3 is 13.3 Å². The van der Waals surface area contributed by atoms with Crippen LogP contribution in [0.25, 0.3) is 0 Å². The highest BCUT2D eigenvalue weighted by Crippen LogP contribution is 2.13. The summed E-state index contributed by atoms with van der Waals surface area (Å²) < 4.78 is 4.10. The second-order valence-corrected chi connectivity index (χ2v) is 7.59. The summed E-state index contributed by atoms with van der Waals surface area (Å²) in [6.07, 6.45) is 19.1. The summed E-state index contributed by atoms with van der Waals surface area (Å²) in [5.74, 6) is -0.653. The van der Waals surface area contributed by atoms with E-state index in [2.05, 4.69) is 11.6 Å². The summed E-state index contributed by atoms with van der Waals surface area (Å²) in [5, 5.41) is 41.3. The smallest absolute Gasteiger partial charge is 0.481 e. The lowest BCUT2D eigenvalue weighted by Crippen LogP contribution is -2.26. The standard InChI is InChI=1S/C18H36O2.C3H9BO5/c1-2-3-4-5-6-7-8-9-10-11-12-13-14-15-16-17-18(19)20;5-1-3(6)2-9-4(7)8/h2-17H2,1H3,(H,19,20);3,5-8H,1-2H2. The van der Waals surface area contributed by atoms with Gasteiger partial charge in [-0.1, -0.05) is 96.8 Å². The van der Waals surface area contributed by atoms with Gasteiger partial charge in [0, 0.05) is 6.42 Å². The van der Waals surface area contributed by atoms with Crippen LogP contribution in [-0.2, 0) is 9.45 Å². The van der Waals surface area contributed by atoms with E-state index in [0.717, 1.165) is 12.8 Å². The number of carboxylic acids is 1. The SMILES string of the molecule is CCCCCCCCCCCCCCCCCC(=O)O.OCC(O)COB(O)O. The number of hydrogen-bond donors (Lipinski definition) is 5. The molecule has 0 rings (SSSR count). The van der Waals surface area contributed by atoms with Crippen molar-refractivity contribution >= 4 is 13.3 Å². The van der Waals surface area contributed by atoms with Crippen LogP contribution in [0, 0.1) is 0 Å². The molecule has 0 aliphatic heterocycles. The molecule has 0 spiro atoms. The molecule has 174 valence electrons. The Bertz CT molecular complexity index is 330. The minimum atomic E-state index is -1.88. The molecule has 0 aromatic rings. The van der Waals surface area contributed by atoms with E-state index in [9.17, 15) is 4.79 Å². The fourth-order valence-electron chi connectivity index (χ4n) is 2.90. The molecule has 29 heavy (non-hydrogen) atoms. The summed E-state index contributed by atoms with van der Waals surface area (Å²) in [5.41, 5.74) is 0. The lowest BCUT2D eigenvalue weighted by atomic mass is 10.0. The van der Waals surface area contributed by atoms with Crippen molar-refractivity contribution in [1.29, 1.82) is 0 Å². The molecule has 0 aromatic carbocycles. The van der Waals surface area contributed by atoms with Crippen LogP contribution in [0.15, 0.2) is 0 Å². The monoisotopic (exact) mass is 420 g/mol. The predicted molar refractivity (Wildman–Crippen MR) is 116 cm³/mol. The Morgan fingerprint density at radius 3 is 1.48 bits per heavy atom. The van der Waals surface area contributed by atoms with Crippen molar-refractivity contribution < 1.29 is 34.8 Å². The van der Waals surface area contributed by atoms with Gasteiger partial charge in [0.1, 0.15) is 0 Å². The minimum absolute atomic E-state index is 0.284. The molecule has 0 aliphatic rings. The van der Waals surface area contributed by atoms with Gasteiger partial charge in [0.05, 0.1) is 19.3 Å². The molecule has 1 atom stereocenters. The normalized spacial score (nSPS) is 11.6. The number of aliphatic carboxylic acids is 1.